The Balaban J connectivity index is 1.76. The van der Waals surface area contributed by atoms with Gasteiger partial charge < -0.3 is 5.11 Å². The number of hydrogen-bond donors (Lipinski definition) is 1. The minimum absolute atomic E-state index is 0.297. The molecule has 0 aliphatic carbocycles. The predicted molar refractivity (Wildman–Crippen MR) is 63.5 cm³/mol. The number of hydrogen-bond acceptors (Lipinski definition) is 3. The zero-order chi connectivity index (χ0) is 12.3. The van der Waals surface area contributed by atoms with Crippen LogP contribution in [0.15, 0.2) is 12.4 Å². The molecule has 1 aromatic rings. The molecule has 0 radical (unpaired) electrons. The number of aliphatic carboxylic acids is 1. The normalized spacial score (nSPS) is 20.9. The molecule has 1 aliphatic heterocycles. The SMILES string of the molecule is Cn1cc(CN2CCC(CCC(=O)O)C2)cn1. The maximum atomic E-state index is 10.5. The van der Waals surface area contributed by atoms with E-state index in [-0.39, 0.29) is 0 Å². The van der Waals surface area contributed by atoms with Gasteiger partial charge in [0, 0.05) is 38.3 Å². The van der Waals surface area contributed by atoms with Gasteiger partial charge in [0.2, 0.25) is 0 Å². The fourth-order valence-corrected chi connectivity index (χ4v) is 2.43. The molecular formula is C12H19N3O2. The third-order valence-electron chi connectivity index (χ3n) is 3.30. The molecule has 1 atom stereocenters. The van der Waals surface area contributed by atoms with Crippen molar-refractivity contribution in [1.82, 2.24) is 14.7 Å². The van der Waals surface area contributed by atoms with Crippen molar-refractivity contribution >= 4 is 5.97 Å². The lowest BCUT2D eigenvalue weighted by molar-refractivity contribution is -0.137. The maximum absolute atomic E-state index is 10.5. The van der Waals surface area contributed by atoms with Crippen LogP contribution in [-0.2, 0) is 18.4 Å². The average Bonchev–Trinajstić information content (AvgIpc) is 2.86. The summed E-state index contributed by atoms with van der Waals surface area (Å²) in [7, 11) is 1.92. The maximum Gasteiger partial charge on any atom is 0.303 e. The standard InChI is InChI=1S/C12H19N3O2/c1-14-7-11(6-13-14)9-15-5-4-10(8-15)2-3-12(16)17/h6-7,10H,2-5,8-9H2,1H3,(H,16,17). The second kappa shape index (κ2) is 5.31. The number of carboxylic acid groups (broad SMARTS) is 1. The van der Waals surface area contributed by atoms with Crippen LogP contribution in [0.3, 0.4) is 0 Å². The topological polar surface area (TPSA) is 58.4 Å². The van der Waals surface area contributed by atoms with E-state index >= 15 is 0 Å². The van der Waals surface area contributed by atoms with Crippen molar-refractivity contribution in [3.05, 3.63) is 18.0 Å². The van der Waals surface area contributed by atoms with Crippen LogP contribution in [-0.4, -0.2) is 38.8 Å². The number of likely N-dealkylation sites (tertiary alicyclic amines) is 1. The van der Waals surface area contributed by atoms with Crippen LogP contribution in [0.4, 0.5) is 0 Å². The highest BCUT2D eigenvalue weighted by molar-refractivity contribution is 5.66. The van der Waals surface area contributed by atoms with Crippen molar-refractivity contribution in [2.75, 3.05) is 13.1 Å². The Morgan fingerprint density at radius 3 is 3.12 bits per heavy atom. The van der Waals surface area contributed by atoms with Gasteiger partial charge in [0.05, 0.1) is 6.20 Å². The van der Waals surface area contributed by atoms with Crippen LogP contribution in [0.5, 0.6) is 0 Å². The van der Waals surface area contributed by atoms with Crippen LogP contribution in [0, 0.1) is 5.92 Å². The summed E-state index contributed by atoms with van der Waals surface area (Å²) in [5.74, 6) is -0.140. The van der Waals surface area contributed by atoms with Crippen molar-refractivity contribution in [2.24, 2.45) is 13.0 Å². The molecule has 2 heterocycles. The highest BCUT2D eigenvalue weighted by Crippen LogP contribution is 2.22. The molecule has 0 saturated carbocycles. The fraction of sp³-hybridized carbons (Fsp3) is 0.667. The Morgan fingerprint density at radius 2 is 2.47 bits per heavy atom. The van der Waals surface area contributed by atoms with E-state index in [0.29, 0.717) is 12.3 Å². The summed E-state index contributed by atoms with van der Waals surface area (Å²) in [6.07, 6.45) is 6.15. The smallest absolute Gasteiger partial charge is 0.303 e. The van der Waals surface area contributed by atoms with Gasteiger partial charge in [0.25, 0.3) is 0 Å². The molecular weight excluding hydrogens is 218 g/mol. The third-order valence-corrected chi connectivity index (χ3v) is 3.30. The Kier molecular flexibility index (Phi) is 3.78. The highest BCUT2D eigenvalue weighted by atomic mass is 16.4. The lowest BCUT2D eigenvalue weighted by atomic mass is 10.0. The predicted octanol–water partition coefficient (Wildman–Crippen LogP) is 1.11. The number of carboxylic acids is 1. The second-order valence-corrected chi connectivity index (χ2v) is 4.84. The van der Waals surface area contributed by atoms with Gasteiger partial charge >= 0.3 is 5.97 Å². The van der Waals surface area contributed by atoms with E-state index < -0.39 is 5.97 Å². The average molecular weight is 237 g/mol. The minimum Gasteiger partial charge on any atom is -0.481 e. The van der Waals surface area contributed by atoms with Gasteiger partial charge in [0.15, 0.2) is 0 Å². The zero-order valence-electron chi connectivity index (χ0n) is 10.2. The first kappa shape index (κ1) is 12.1. The van der Waals surface area contributed by atoms with E-state index in [1.54, 1.807) is 0 Å². The molecule has 2 rings (SSSR count). The van der Waals surface area contributed by atoms with E-state index in [1.165, 1.54) is 5.56 Å². The van der Waals surface area contributed by atoms with E-state index in [9.17, 15) is 4.79 Å². The number of rotatable bonds is 5. The highest BCUT2D eigenvalue weighted by Gasteiger charge is 2.23. The molecule has 94 valence electrons. The van der Waals surface area contributed by atoms with E-state index in [0.717, 1.165) is 32.5 Å². The Labute approximate surface area is 101 Å². The van der Waals surface area contributed by atoms with Crippen molar-refractivity contribution in [2.45, 2.75) is 25.8 Å². The molecule has 5 nitrogen and oxygen atoms in total. The van der Waals surface area contributed by atoms with Gasteiger partial charge in [-0.05, 0) is 25.3 Å². The summed E-state index contributed by atoms with van der Waals surface area (Å²) in [4.78, 5) is 12.9. The first-order chi connectivity index (χ1) is 8.13. The molecule has 0 amide bonds. The fourth-order valence-electron chi connectivity index (χ4n) is 2.43. The van der Waals surface area contributed by atoms with Crippen LogP contribution in [0.1, 0.15) is 24.8 Å². The Bertz CT molecular complexity index is 389. The number of carbonyl (C=O) groups is 1. The molecule has 1 saturated heterocycles. The molecule has 1 aliphatic rings. The Morgan fingerprint density at radius 1 is 1.65 bits per heavy atom. The number of aryl methyl sites for hydroxylation is 1. The molecule has 5 heteroatoms. The van der Waals surface area contributed by atoms with Crippen molar-refractivity contribution in [3.8, 4) is 0 Å². The zero-order valence-corrected chi connectivity index (χ0v) is 10.2. The minimum atomic E-state index is -0.685. The van der Waals surface area contributed by atoms with E-state index in [2.05, 4.69) is 10.00 Å². The molecule has 1 unspecified atom stereocenters. The molecule has 1 fully saturated rings. The molecule has 1 aromatic heterocycles. The number of aromatic nitrogens is 2. The monoisotopic (exact) mass is 237 g/mol. The van der Waals surface area contributed by atoms with Gasteiger partial charge in [-0.25, -0.2) is 0 Å². The van der Waals surface area contributed by atoms with Crippen molar-refractivity contribution < 1.29 is 9.90 Å². The van der Waals surface area contributed by atoms with E-state index in [1.807, 2.05) is 24.1 Å². The lowest BCUT2D eigenvalue weighted by Gasteiger charge is -2.14. The second-order valence-electron chi connectivity index (χ2n) is 4.84. The van der Waals surface area contributed by atoms with Gasteiger partial charge in [-0.1, -0.05) is 0 Å². The quantitative estimate of drug-likeness (QED) is 0.833. The molecule has 17 heavy (non-hydrogen) atoms. The van der Waals surface area contributed by atoms with Crippen LogP contribution >= 0.6 is 0 Å². The number of nitrogens with zero attached hydrogens (tertiary/aromatic N) is 3. The largest absolute Gasteiger partial charge is 0.481 e. The Hall–Kier alpha value is -1.36. The van der Waals surface area contributed by atoms with Gasteiger partial charge in [0.1, 0.15) is 0 Å². The lowest BCUT2D eigenvalue weighted by Crippen LogP contribution is -2.20. The third kappa shape index (κ3) is 3.56. The summed E-state index contributed by atoms with van der Waals surface area (Å²) in [6, 6.07) is 0. The van der Waals surface area contributed by atoms with Crippen molar-refractivity contribution in [1.29, 1.82) is 0 Å². The molecule has 0 bridgehead atoms. The first-order valence-electron chi connectivity index (χ1n) is 6.05. The summed E-state index contributed by atoms with van der Waals surface area (Å²) in [5.41, 5.74) is 1.23. The summed E-state index contributed by atoms with van der Waals surface area (Å²) in [6.45, 7) is 3.01. The van der Waals surface area contributed by atoms with Gasteiger partial charge in [-0.3, -0.25) is 14.4 Å². The van der Waals surface area contributed by atoms with Crippen molar-refractivity contribution in [3.63, 3.8) is 0 Å². The van der Waals surface area contributed by atoms with Crippen LogP contribution in [0.25, 0.3) is 0 Å². The van der Waals surface area contributed by atoms with E-state index in [4.69, 9.17) is 5.11 Å². The first-order valence-corrected chi connectivity index (χ1v) is 6.05. The summed E-state index contributed by atoms with van der Waals surface area (Å²) < 4.78 is 1.81. The summed E-state index contributed by atoms with van der Waals surface area (Å²) in [5, 5.41) is 12.8. The summed E-state index contributed by atoms with van der Waals surface area (Å²) >= 11 is 0. The van der Waals surface area contributed by atoms with Gasteiger partial charge in [-0.15, -0.1) is 0 Å². The molecule has 0 aromatic carbocycles. The molecule has 1 N–H and O–H groups in total. The molecule has 0 spiro atoms. The van der Waals surface area contributed by atoms with Crippen LogP contribution < -0.4 is 0 Å². The van der Waals surface area contributed by atoms with Crippen LogP contribution in [0.2, 0.25) is 0 Å². The van der Waals surface area contributed by atoms with Gasteiger partial charge in [-0.2, -0.15) is 5.10 Å².